The van der Waals surface area contributed by atoms with Crippen LogP contribution >= 0.6 is 0 Å². The molecule has 6 nitrogen and oxygen atoms in total. The van der Waals surface area contributed by atoms with Crippen LogP contribution in [0.25, 0.3) is 0 Å². The van der Waals surface area contributed by atoms with Gasteiger partial charge in [0.1, 0.15) is 12.2 Å². The summed E-state index contributed by atoms with van der Waals surface area (Å²) in [6, 6.07) is 0. The van der Waals surface area contributed by atoms with Gasteiger partial charge in [0.2, 0.25) is 0 Å². The van der Waals surface area contributed by atoms with Gasteiger partial charge >= 0.3 is 17.9 Å². The lowest BCUT2D eigenvalue weighted by atomic mass is 9.51. The molecule has 0 aromatic carbocycles. The summed E-state index contributed by atoms with van der Waals surface area (Å²) in [4.78, 5) is 35.1. The quantitative estimate of drug-likeness (QED) is 0.751. The molecule has 0 radical (unpaired) electrons. The third kappa shape index (κ3) is 3.23. The summed E-state index contributed by atoms with van der Waals surface area (Å²) in [5, 5.41) is 9.18. The maximum Gasteiger partial charge on any atom is 0.306 e. The Morgan fingerprint density at radius 3 is 2.65 bits per heavy atom. The Balaban J connectivity index is 1.91. The van der Waals surface area contributed by atoms with E-state index in [0.29, 0.717) is 31.6 Å². The van der Waals surface area contributed by atoms with Gasteiger partial charge in [0.25, 0.3) is 0 Å². The maximum absolute atomic E-state index is 12.0. The molecule has 0 aromatic rings. The average molecular weight is 366 g/mol. The molecule has 6 heteroatoms. The molecule has 26 heavy (non-hydrogen) atoms. The first kappa shape index (κ1) is 19.2. The van der Waals surface area contributed by atoms with Crippen LogP contribution in [0.3, 0.4) is 0 Å². The third-order valence-electron chi connectivity index (χ3n) is 7.11. The molecule has 2 saturated carbocycles. The first-order valence-electron chi connectivity index (χ1n) is 9.80. The van der Waals surface area contributed by atoms with Crippen molar-refractivity contribution in [3.8, 4) is 0 Å². The van der Waals surface area contributed by atoms with Gasteiger partial charge < -0.3 is 14.6 Å². The fourth-order valence-electron chi connectivity index (χ4n) is 6.00. The average Bonchev–Trinajstić information content (AvgIpc) is 2.89. The van der Waals surface area contributed by atoms with Crippen molar-refractivity contribution in [2.24, 2.45) is 22.7 Å². The van der Waals surface area contributed by atoms with Crippen molar-refractivity contribution in [3.63, 3.8) is 0 Å². The first-order chi connectivity index (χ1) is 12.2. The van der Waals surface area contributed by atoms with Crippen LogP contribution in [0.2, 0.25) is 0 Å². The monoisotopic (exact) mass is 366 g/mol. The van der Waals surface area contributed by atoms with Gasteiger partial charge in [-0.25, -0.2) is 0 Å². The van der Waals surface area contributed by atoms with Gasteiger partial charge in [-0.3, -0.25) is 14.4 Å². The maximum atomic E-state index is 12.0. The van der Waals surface area contributed by atoms with Crippen LogP contribution in [0.1, 0.15) is 72.1 Å². The molecule has 0 aromatic heterocycles. The van der Waals surface area contributed by atoms with Crippen molar-refractivity contribution in [1.29, 1.82) is 0 Å². The van der Waals surface area contributed by atoms with Gasteiger partial charge in [-0.15, -0.1) is 0 Å². The standard InChI is InChI=1S/C20H30O6/c1-4-16(23)25-14-7-6-13-12-5-8-17(24)26-18(12)19(2,10-9-15(21)22)11-20(13,14)3/h12-14,18H,4-11H2,1-3H3,(H,21,22)/t12-,13+,14+,18+,19-,20+/m1/s1. The minimum atomic E-state index is -0.836. The second kappa shape index (κ2) is 6.86. The Hall–Kier alpha value is -1.59. The van der Waals surface area contributed by atoms with Crippen LogP contribution in [-0.2, 0) is 23.9 Å². The van der Waals surface area contributed by atoms with E-state index in [0.717, 1.165) is 19.3 Å². The number of hydrogen-bond donors (Lipinski definition) is 1. The summed E-state index contributed by atoms with van der Waals surface area (Å²) in [6.45, 7) is 6.03. The Labute approximate surface area is 154 Å². The summed E-state index contributed by atoms with van der Waals surface area (Å²) in [5.74, 6) is -0.633. The van der Waals surface area contributed by atoms with Crippen molar-refractivity contribution in [2.75, 3.05) is 0 Å². The molecule has 3 aliphatic rings. The van der Waals surface area contributed by atoms with Crippen molar-refractivity contribution in [2.45, 2.75) is 84.3 Å². The van der Waals surface area contributed by atoms with E-state index < -0.39 is 11.4 Å². The number of carbonyl (C=O) groups is 3. The van der Waals surface area contributed by atoms with Gasteiger partial charge in [-0.2, -0.15) is 0 Å². The van der Waals surface area contributed by atoms with Crippen LogP contribution in [0, 0.1) is 22.7 Å². The number of carboxylic acid groups (broad SMARTS) is 1. The number of fused-ring (bicyclic) bond motifs is 3. The molecule has 0 spiro atoms. The van der Waals surface area contributed by atoms with Crippen LogP contribution in [0.5, 0.6) is 0 Å². The molecule has 6 atom stereocenters. The molecule has 1 aliphatic heterocycles. The predicted molar refractivity (Wildman–Crippen MR) is 93.2 cm³/mol. The number of esters is 2. The fourth-order valence-corrected chi connectivity index (χ4v) is 6.00. The molecule has 0 bridgehead atoms. The second-order valence-electron chi connectivity index (χ2n) is 8.86. The van der Waals surface area contributed by atoms with E-state index in [9.17, 15) is 19.5 Å². The smallest absolute Gasteiger partial charge is 0.306 e. The number of hydrogen-bond acceptors (Lipinski definition) is 5. The molecule has 3 fully saturated rings. The number of carbonyl (C=O) groups excluding carboxylic acids is 2. The minimum Gasteiger partial charge on any atom is -0.481 e. The van der Waals surface area contributed by atoms with Crippen molar-refractivity contribution >= 4 is 17.9 Å². The van der Waals surface area contributed by atoms with Crippen molar-refractivity contribution in [3.05, 3.63) is 0 Å². The van der Waals surface area contributed by atoms with Gasteiger partial charge in [-0.05, 0) is 38.0 Å². The molecule has 1 N–H and O–H groups in total. The van der Waals surface area contributed by atoms with Gasteiger partial charge in [-0.1, -0.05) is 20.8 Å². The zero-order chi connectivity index (χ0) is 19.1. The van der Waals surface area contributed by atoms with Gasteiger partial charge in [0.15, 0.2) is 0 Å². The summed E-state index contributed by atoms with van der Waals surface area (Å²) in [5.41, 5.74) is -0.603. The molecule has 0 unspecified atom stereocenters. The highest BCUT2D eigenvalue weighted by Gasteiger charge is 2.63. The lowest BCUT2D eigenvalue weighted by Gasteiger charge is -2.57. The summed E-state index contributed by atoms with van der Waals surface area (Å²) in [6.07, 6.45) is 4.22. The zero-order valence-corrected chi connectivity index (χ0v) is 16.0. The zero-order valence-electron chi connectivity index (χ0n) is 16.0. The third-order valence-corrected chi connectivity index (χ3v) is 7.11. The lowest BCUT2D eigenvalue weighted by molar-refractivity contribution is -0.203. The van der Waals surface area contributed by atoms with Crippen molar-refractivity contribution < 1.29 is 29.0 Å². The Morgan fingerprint density at radius 2 is 2.00 bits per heavy atom. The Bertz CT molecular complexity index is 601. The molecular weight excluding hydrogens is 336 g/mol. The fraction of sp³-hybridized carbons (Fsp3) is 0.850. The van der Waals surface area contributed by atoms with Crippen LogP contribution in [-0.4, -0.2) is 35.2 Å². The Kier molecular flexibility index (Phi) is 5.06. The minimum absolute atomic E-state index is 0.0530. The highest BCUT2D eigenvalue weighted by atomic mass is 16.6. The number of rotatable bonds is 5. The lowest BCUT2D eigenvalue weighted by Crippen LogP contribution is -2.58. The van der Waals surface area contributed by atoms with Crippen LogP contribution < -0.4 is 0 Å². The number of carboxylic acids is 1. The SMILES string of the molecule is CCC(=O)O[C@H]1CC[C@H]2[C@H]3CCC(=O)O[C@@H]3[C@](C)(CCC(=O)O)C[C@]12C. The predicted octanol–water partition coefficient (Wildman–Crippen LogP) is 3.32. The van der Waals surface area contributed by atoms with E-state index in [2.05, 4.69) is 6.92 Å². The van der Waals surface area contributed by atoms with E-state index in [1.54, 1.807) is 6.92 Å². The van der Waals surface area contributed by atoms with Crippen LogP contribution in [0.15, 0.2) is 0 Å². The van der Waals surface area contributed by atoms with E-state index >= 15 is 0 Å². The number of ether oxygens (including phenoxy) is 2. The van der Waals surface area contributed by atoms with Gasteiger partial charge in [0, 0.05) is 36.0 Å². The Morgan fingerprint density at radius 1 is 1.27 bits per heavy atom. The van der Waals surface area contributed by atoms with Crippen molar-refractivity contribution in [1.82, 2.24) is 0 Å². The summed E-state index contributed by atoms with van der Waals surface area (Å²) < 4.78 is 11.6. The van der Waals surface area contributed by atoms with E-state index in [-0.39, 0.29) is 41.9 Å². The van der Waals surface area contributed by atoms with E-state index in [1.165, 1.54) is 0 Å². The molecule has 1 saturated heterocycles. The molecule has 1 heterocycles. The second-order valence-corrected chi connectivity index (χ2v) is 8.86. The molecule has 0 amide bonds. The van der Waals surface area contributed by atoms with E-state index in [4.69, 9.17) is 9.47 Å². The van der Waals surface area contributed by atoms with E-state index in [1.807, 2.05) is 6.92 Å². The number of aliphatic carboxylic acids is 1. The highest BCUT2D eigenvalue weighted by Crippen LogP contribution is 2.63. The molecule has 2 aliphatic carbocycles. The van der Waals surface area contributed by atoms with Gasteiger partial charge in [0.05, 0.1) is 0 Å². The van der Waals surface area contributed by atoms with Crippen LogP contribution in [0.4, 0.5) is 0 Å². The summed E-state index contributed by atoms with van der Waals surface area (Å²) >= 11 is 0. The topological polar surface area (TPSA) is 89.9 Å². The summed E-state index contributed by atoms with van der Waals surface area (Å²) in [7, 11) is 0. The molecule has 146 valence electrons. The normalized spacial score (nSPS) is 41.7. The largest absolute Gasteiger partial charge is 0.481 e. The molecular formula is C20H30O6. The molecule has 3 rings (SSSR count). The first-order valence-corrected chi connectivity index (χ1v) is 9.80. The highest BCUT2D eigenvalue weighted by molar-refractivity contribution is 5.71.